The van der Waals surface area contributed by atoms with Crippen LogP contribution in [-0.4, -0.2) is 42.8 Å². The lowest BCUT2D eigenvalue weighted by molar-refractivity contribution is 0.139. The van der Waals surface area contributed by atoms with E-state index in [1.54, 1.807) is 0 Å². The normalized spacial score (nSPS) is 14.5. The van der Waals surface area contributed by atoms with E-state index in [0.29, 0.717) is 6.04 Å². The summed E-state index contributed by atoms with van der Waals surface area (Å²) in [5.41, 5.74) is 1.32. The van der Waals surface area contributed by atoms with Crippen molar-refractivity contribution in [3.8, 4) is 0 Å². The monoisotopic (exact) mass is 342 g/mol. The number of likely N-dealkylation sites (N-methyl/N-ethyl adjacent to an activating group) is 1. The summed E-state index contributed by atoms with van der Waals surface area (Å²) < 4.78 is 1.12. The number of aliphatic hydroxyl groups is 1. The van der Waals surface area contributed by atoms with Crippen molar-refractivity contribution in [2.75, 3.05) is 26.7 Å². The van der Waals surface area contributed by atoms with Crippen molar-refractivity contribution in [2.45, 2.75) is 38.8 Å². The molecular formula is C16H27BrN2O. The molecule has 2 atom stereocenters. The van der Waals surface area contributed by atoms with Crippen LogP contribution in [0.25, 0.3) is 0 Å². The van der Waals surface area contributed by atoms with E-state index in [0.717, 1.165) is 36.9 Å². The van der Waals surface area contributed by atoms with Gasteiger partial charge in [-0.1, -0.05) is 35.0 Å². The molecule has 0 amide bonds. The highest BCUT2D eigenvalue weighted by molar-refractivity contribution is 9.10. The lowest BCUT2D eigenvalue weighted by Crippen LogP contribution is -2.31. The topological polar surface area (TPSA) is 35.5 Å². The van der Waals surface area contributed by atoms with Crippen LogP contribution in [0.1, 0.15) is 38.3 Å². The zero-order chi connectivity index (χ0) is 15.0. The van der Waals surface area contributed by atoms with Gasteiger partial charge in [0.15, 0.2) is 0 Å². The van der Waals surface area contributed by atoms with Crippen LogP contribution in [0.4, 0.5) is 0 Å². The maximum Gasteiger partial charge on any atom is 0.0638 e. The highest BCUT2D eigenvalue weighted by Crippen LogP contribution is 2.21. The van der Waals surface area contributed by atoms with Gasteiger partial charge in [-0.2, -0.15) is 0 Å². The molecule has 1 rings (SSSR count). The van der Waals surface area contributed by atoms with Crippen molar-refractivity contribution in [1.29, 1.82) is 0 Å². The highest BCUT2D eigenvalue weighted by Gasteiger charge is 2.12. The van der Waals surface area contributed by atoms with E-state index >= 15 is 0 Å². The first kappa shape index (κ1) is 17.6. The van der Waals surface area contributed by atoms with Crippen molar-refractivity contribution in [3.63, 3.8) is 0 Å². The summed E-state index contributed by atoms with van der Waals surface area (Å²) in [6, 6.07) is 8.86. The lowest BCUT2D eigenvalue weighted by Gasteiger charge is -2.24. The summed E-state index contributed by atoms with van der Waals surface area (Å²) in [5.74, 6) is 0. The number of rotatable bonds is 9. The van der Waals surface area contributed by atoms with Crippen LogP contribution >= 0.6 is 15.9 Å². The smallest absolute Gasteiger partial charge is 0.0638 e. The molecule has 0 saturated heterocycles. The first-order chi connectivity index (χ1) is 9.52. The lowest BCUT2D eigenvalue weighted by atomic mass is 10.0. The molecule has 0 saturated carbocycles. The van der Waals surface area contributed by atoms with Crippen molar-refractivity contribution >= 4 is 15.9 Å². The number of aliphatic hydroxyl groups excluding tert-OH is 1. The Labute approximate surface area is 131 Å². The van der Waals surface area contributed by atoms with E-state index in [1.807, 2.05) is 6.92 Å². The number of hydrogen-bond donors (Lipinski definition) is 2. The van der Waals surface area contributed by atoms with Crippen molar-refractivity contribution in [2.24, 2.45) is 0 Å². The zero-order valence-corrected chi connectivity index (χ0v) is 14.4. The van der Waals surface area contributed by atoms with Crippen LogP contribution in [0.3, 0.4) is 0 Å². The minimum Gasteiger partial charge on any atom is -0.392 e. The Balaban J connectivity index is 2.60. The van der Waals surface area contributed by atoms with Gasteiger partial charge in [0.1, 0.15) is 0 Å². The highest BCUT2D eigenvalue weighted by atomic mass is 79.9. The molecule has 0 bridgehead atoms. The van der Waals surface area contributed by atoms with Gasteiger partial charge in [0.25, 0.3) is 0 Å². The molecule has 1 aromatic carbocycles. The Hall–Kier alpha value is -0.420. The van der Waals surface area contributed by atoms with E-state index in [-0.39, 0.29) is 6.10 Å². The minimum atomic E-state index is -0.270. The predicted octanol–water partition coefficient (Wildman–Crippen LogP) is 3.19. The van der Waals surface area contributed by atoms with Crippen molar-refractivity contribution < 1.29 is 5.11 Å². The fourth-order valence-corrected chi connectivity index (χ4v) is 2.74. The van der Waals surface area contributed by atoms with E-state index in [9.17, 15) is 5.11 Å². The molecule has 20 heavy (non-hydrogen) atoms. The molecule has 3 nitrogen and oxygen atoms in total. The average molecular weight is 343 g/mol. The molecule has 0 aliphatic rings. The Kier molecular flexibility index (Phi) is 8.38. The van der Waals surface area contributed by atoms with E-state index < -0.39 is 0 Å². The summed E-state index contributed by atoms with van der Waals surface area (Å²) in [5, 5.41) is 13.0. The molecule has 0 aliphatic carbocycles. The molecule has 0 radical (unpaired) electrons. The third-order valence-corrected chi connectivity index (χ3v) is 3.76. The molecule has 0 heterocycles. The molecule has 2 unspecified atom stereocenters. The Morgan fingerprint density at radius 2 is 2.15 bits per heavy atom. The molecule has 1 aromatic rings. The quantitative estimate of drug-likeness (QED) is 0.723. The Morgan fingerprint density at radius 3 is 2.75 bits per heavy atom. The van der Waals surface area contributed by atoms with Crippen LogP contribution in [0.2, 0.25) is 0 Å². The first-order valence-corrected chi connectivity index (χ1v) is 8.17. The van der Waals surface area contributed by atoms with Gasteiger partial charge in [-0.25, -0.2) is 0 Å². The first-order valence-electron chi connectivity index (χ1n) is 7.38. The summed E-state index contributed by atoms with van der Waals surface area (Å²) in [4.78, 5) is 2.18. The van der Waals surface area contributed by atoms with Gasteiger partial charge in [0, 0.05) is 17.1 Å². The molecule has 0 fully saturated rings. The molecule has 0 aromatic heterocycles. The second-order valence-electron chi connectivity index (χ2n) is 5.46. The molecule has 2 N–H and O–H groups in total. The Bertz CT molecular complexity index is 384. The maximum atomic E-state index is 9.42. The Morgan fingerprint density at radius 1 is 1.40 bits per heavy atom. The van der Waals surface area contributed by atoms with Crippen molar-refractivity contribution in [1.82, 2.24) is 10.2 Å². The minimum absolute atomic E-state index is 0.270. The number of benzene rings is 1. The van der Waals surface area contributed by atoms with Gasteiger partial charge in [0.05, 0.1) is 6.10 Å². The average Bonchev–Trinajstić information content (AvgIpc) is 2.38. The second kappa shape index (κ2) is 9.50. The maximum absolute atomic E-state index is 9.42. The largest absolute Gasteiger partial charge is 0.392 e. The zero-order valence-electron chi connectivity index (χ0n) is 12.8. The molecule has 0 aliphatic heterocycles. The molecule has 114 valence electrons. The second-order valence-corrected chi connectivity index (χ2v) is 6.38. The number of halogens is 1. The molecular weight excluding hydrogens is 316 g/mol. The standard InChI is InChI=1S/C16H27BrN2O/c1-4-9-18-16(8-10-19(3)12-13(2)20)14-6-5-7-15(17)11-14/h5-7,11,13,16,18,20H,4,8-10,12H2,1-3H3. The third-order valence-electron chi connectivity index (χ3n) is 3.27. The summed E-state index contributed by atoms with van der Waals surface area (Å²) in [7, 11) is 2.06. The fourth-order valence-electron chi connectivity index (χ4n) is 2.32. The van der Waals surface area contributed by atoms with E-state index in [1.165, 1.54) is 5.56 Å². The van der Waals surface area contributed by atoms with Crippen LogP contribution in [0, 0.1) is 0 Å². The van der Waals surface area contributed by atoms with E-state index in [4.69, 9.17) is 0 Å². The van der Waals surface area contributed by atoms with Gasteiger partial charge in [0.2, 0.25) is 0 Å². The third kappa shape index (κ3) is 6.84. The van der Waals surface area contributed by atoms with Gasteiger partial charge >= 0.3 is 0 Å². The van der Waals surface area contributed by atoms with Gasteiger partial charge in [-0.15, -0.1) is 0 Å². The van der Waals surface area contributed by atoms with Gasteiger partial charge < -0.3 is 15.3 Å². The number of hydrogen-bond acceptors (Lipinski definition) is 3. The predicted molar refractivity (Wildman–Crippen MR) is 89.0 cm³/mol. The summed E-state index contributed by atoms with van der Waals surface area (Å²) in [6.45, 7) is 6.73. The van der Waals surface area contributed by atoms with Crippen LogP contribution in [0.15, 0.2) is 28.7 Å². The van der Waals surface area contributed by atoms with Gasteiger partial charge in [-0.3, -0.25) is 0 Å². The number of nitrogens with zero attached hydrogens (tertiary/aromatic N) is 1. The van der Waals surface area contributed by atoms with E-state index in [2.05, 4.69) is 64.4 Å². The van der Waals surface area contributed by atoms with Crippen LogP contribution in [-0.2, 0) is 0 Å². The summed E-state index contributed by atoms with van der Waals surface area (Å²) >= 11 is 3.54. The fraction of sp³-hybridized carbons (Fsp3) is 0.625. The molecule has 4 heteroatoms. The SMILES string of the molecule is CCCNC(CCN(C)CC(C)O)c1cccc(Br)c1. The van der Waals surface area contributed by atoms with Crippen LogP contribution < -0.4 is 5.32 Å². The summed E-state index contributed by atoms with van der Waals surface area (Å²) in [6.07, 6.45) is 1.90. The van der Waals surface area contributed by atoms with Crippen molar-refractivity contribution in [3.05, 3.63) is 34.3 Å². The van der Waals surface area contributed by atoms with Gasteiger partial charge in [-0.05, 0) is 57.6 Å². The molecule has 0 spiro atoms. The van der Waals surface area contributed by atoms with Crippen LogP contribution in [0.5, 0.6) is 0 Å². The number of nitrogens with one attached hydrogen (secondary N) is 1.